The van der Waals surface area contributed by atoms with Crippen molar-refractivity contribution in [3.8, 4) is 11.5 Å². The van der Waals surface area contributed by atoms with Crippen LogP contribution in [0.4, 0.5) is 0 Å². The monoisotopic (exact) mass is 431 g/mol. The van der Waals surface area contributed by atoms with Gasteiger partial charge in [0.2, 0.25) is 0 Å². The zero-order valence-corrected chi connectivity index (χ0v) is 14.1. The minimum Gasteiger partial charge on any atom is -0.484 e. The molecule has 1 rings (SSSR count). The predicted octanol–water partition coefficient (Wildman–Crippen LogP) is 2.58. The van der Waals surface area contributed by atoms with E-state index in [9.17, 15) is 5.11 Å². The lowest BCUT2D eigenvalue weighted by atomic mass is 10.2. The van der Waals surface area contributed by atoms with Crippen LogP contribution >= 0.6 is 38.5 Å². The number of aliphatic hydroxyl groups excluding tert-OH is 1. The summed E-state index contributed by atoms with van der Waals surface area (Å²) in [6.07, 6.45) is -0.926. The topological polar surface area (TPSA) is 60.8 Å². The second-order valence-corrected chi connectivity index (χ2v) is 5.53. The summed E-state index contributed by atoms with van der Waals surface area (Å²) < 4.78 is 17.2. The zero-order chi connectivity index (χ0) is 13.7. The van der Waals surface area contributed by atoms with Crippen LogP contribution in [-0.4, -0.2) is 36.2 Å². The number of pyridine rings is 1. The third kappa shape index (κ3) is 4.52. The Labute approximate surface area is 128 Å². The van der Waals surface area contributed by atoms with Gasteiger partial charge in [-0.3, -0.25) is 0 Å². The summed E-state index contributed by atoms with van der Waals surface area (Å²) in [4.78, 5) is 4.22. The molecule has 1 N–H and O–H groups in total. The van der Waals surface area contributed by atoms with E-state index < -0.39 is 6.10 Å². The average Bonchev–Trinajstić information content (AvgIpc) is 2.27. The molecule has 0 saturated heterocycles. The molecule has 0 bridgehead atoms. The number of rotatable bonds is 6. The maximum Gasteiger partial charge on any atom is 0.197 e. The molecular formula is C11H15BrINO4. The number of methoxy groups -OCH3 is 1. The molecule has 2 atom stereocenters. The van der Waals surface area contributed by atoms with Crippen LogP contribution in [0.1, 0.15) is 13.8 Å². The van der Waals surface area contributed by atoms with E-state index in [1.165, 1.54) is 7.11 Å². The van der Waals surface area contributed by atoms with E-state index in [1.807, 2.05) is 0 Å². The third-order valence-corrected chi connectivity index (χ3v) is 3.27. The highest BCUT2D eigenvalue weighted by Gasteiger charge is 2.18. The molecule has 18 heavy (non-hydrogen) atoms. The van der Waals surface area contributed by atoms with Crippen LogP contribution in [0.3, 0.4) is 0 Å². The van der Waals surface area contributed by atoms with E-state index in [4.69, 9.17) is 14.2 Å². The Bertz CT molecular complexity index is 403. The van der Waals surface area contributed by atoms with Gasteiger partial charge in [0.15, 0.2) is 22.9 Å². The second kappa shape index (κ2) is 7.46. The van der Waals surface area contributed by atoms with Crippen molar-refractivity contribution in [1.82, 2.24) is 4.98 Å². The summed E-state index contributed by atoms with van der Waals surface area (Å²) in [5.41, 5.74) is 0. The van der Waals surface area contributed by atoms with Gasteiger partial charge >= 0.3 is 0 Å². The first-order valence-corrected chi connectivity index (χ1v) is 7.15. The molecule has 1 aromatic heterocycles. The molecule has 1 aromatic rings. The first kappa shape index (κ1) is 15.9. The van der Waals surface area contributed by atoms with Crippen molar-refractivity contribution in [2.45, 2.75) is 26.1 Å². The quantitative estimate of drug-likeness (QED) is 0.426. The van der Waals surface area contributed by atoms with Gasteiger partial charge in [-0.2, -0.15) is 0 Å². The Hall–Kier alpha value is -0.120. The molecule has 7 heteroatoms. The molecule has 0 spiro atoms. The van der Waals surface area contributed by atoms with Crippen molar-refractivity contribution in [3.63, 3.8) is 0 Å². The number of halogens is 2. The summed E-state index contributed by atoms with van der Waals surface area (Å²) in [6.45, 7) is 3.55. The lowest BCUT2D eigenvalue weighted by Crippen LogP contribution is -2.26. The summed E-state index contributed by atoms with van der Waals surface area (Å²) >= 11 is 5.40. The zero-order valence-electron chi connectivity index (χ0n) is 10.3. The molecule has 0 aromatic carbocycles. The van der Waals surface area contributed by atoms with Gasteiger partial charge in [0.25, 0.3) is 0 Å². The average molecular weight is 432 g/mol. The summed E-state index contributed by atoms with van der Waals surface area (Å²) in [5.74, 6) is 0.983. The molecule has 0 aliphatic carbocycles. The number of ether oxygens (including phenoxy) is 3. The van der Waals surface area contributed by atoms with Crippen molar-refractivity contribution in [2.24, 2.45) is 0 Å². The highest BCUT2D eigenvalue weighted by molar-refractivity contribution is 14.1. The number of aromatic nitrogens is 1. The molecule has 1 heterocycles. The first-order chi connectivity index (χ1) is 8.45. The van der Waals surface area contributed by atoms with Crippen LogP contribution in [0.5, 0.6) is 11.5 Å². The van der Waals surface area contributed by atoms with Gasteiger partial charge < -0.3 is 19.3 Å². The Balaban J connectivity index is 2.99. The van der Waals surface area contributed by atoms with Gasteiger partial charge in [0, 0.05) is 13.2 Å². The van der Waals surface area contributed by atoms with Gasteiger partial charge in [-0.05, 0) is 52.4 Å². The lowest BCUT2D eigenvalue weighted by molar-refractivity contribution is 0.0364. The van der Waals surface area contributed by atoms with Crippen molar-refractivity contribution in [1.29, 1.82) is 0 Å². The molecule has 5 nitrogen and oxygen atoms in total. The standard InChI is InChI=1S/C11H15BrINO4/c1-6(15)7(2)18-8-4-9(13)14-11(12)10(8)17-5-16-3/h4,6-7,15H,5H2,1-3H3. The Kier molecular flexibility index (Phi) is 6.61. The van der Waals surface area contributed by atoms with Gasteiger partial charge in [-0.15, -0.1) is 0 Å². The van der Waals surface area contributed by atoms with Gasteiger partial charge in [0.05, 0.1) is 6.10 Å². The molecule has 0 radical (unpaired) electrons. The largest absolute Gasteiger partial charge is 0.484 e. The van der Waals surface area contributed by atoms with Crippen molar-refractivity contribution in [3.05, 3.63) is 14.4 Å². The second-order valence-electron chi connectivity index (χ2n) is 3.68. The van der Waals surface area contributed by atoms with Gasteiger partial charge in [0.1, 0.15) is 9.80 Å². The smallest absolute Gasteiger partial charge is 0.197 e. The third-order valence-electron chi connectivity index (χ3n) is 2.18. The highest BCUT2D eigenvalue weighted by Crippen LogP contribution is 2.36. The maximum absolute atomic E-state index is 9.47. The van der Waals surface area contributed by atoms with Crippen LogP contribution in [0.25, 0.3) is 0 Å². The van der Waals surface area contributed by atoms with E-state index in [1.54, 1.807) is 19.9 Å². The Morgan fingerprint density at radius 1 is 1.50 bits per heavy atom. The molecule has 102 valence electrons. The van der Waals surface area contributed by atoms with Crippen molar-refractivity contribution < 1.29 is 19.3 Å². The number of nitrogens with zero attached hydrogens (tertiary/aromatic N) is 1. The van der Waals surface area contributed by atoms with Gasteiger partial charge in [-0.25, -0.2) is 4.98 Å². The Morgan fingerprint density at radius 3 is 2.72 bits per heavy atom. The van der Waals surface area contributed by atoms with Crippen LogP contribution in [0, 0.1) is 3.70 Å². The molecule has 0 saturated carbocycles. The molecule has 0 aliphatic heterocycles. The highest BCUT2D eigenvalue weighted by atomic mass is 127. The normalized spacial score (nSPS) is 14.1. The van der Waals surface area contributed by atoms with Crippen molar-refractivity contribution >= 4 is 38.5 Å². The van der Waals surface area contributed by atoms with Crippen LogP contribution in [0.2, 0.25) is 0 Å². The number of hydrogen-bond acceptors (Lipinski definition) is 5. The van der Waals surface area contributed by atoms with E-state index in [0.717, 1.165) is 3.70 Å². The summed E-state index contributed by atoms with van der Waals surface area (Å²) in [5, 5.41) is 9.47. The lowest BCUT2D eigenvalue weighted by Gasteiger charge is -2.20. The predicted molar refractivity (Wildman–Crippen MR) is 78.9 cm³/mol. The first-order valence-electron chi connectivity index (χ1n) is 5.28. The van der Waals surface area contributed by atoms with E-state index in [0.29, 0.717) is 16.1 Å². The number of aliphatic hydroxyl groups is 1. The summed E-state index contributed by atoms with van der Waals surface area (Å²) in [7, 11) is 1.53. The molecule has 0 amide bonds. The van der Waals surface area contributed by atoms with Crippen molar-refractivity contribution in [2.75, 3.05) is 13.9 Å². The Morgan fingerprint density at radius 2 is 2.17 bits per heavy atom. The summed E-state index contributed by atoms with van der Waals surface area (Å²) in [6, 6.07) is 1.75. The molecule has 0 aliphatic rings. The molecule has 2 unspecified atom stereocenters. The molecular weight excluding hydrogens is 417 g/mol. The maximum atomic E-state index is 9.47. The SMILES string of the molecule is COCOc1c(OC(C)C(C)O)cc(I)nc1Br. The van der Waals surface area contributed by atoms with E-state index in [2.05, 4.69) is 43.5 Å². The molecule has 0 fully saturated rings. The fraction of sp³-hybridized carbons (Fsp3) is 0.545. The van der Waals surface area contributed by atoms with E-state index in [-0.39, 0.29) is 12.9 Å². The number of hydrogen-bond donors (Lipinski definition) is 1. The van der Waals surface area contributed by atoms with Crippen LogP contribution in [0.15, 0.2) is 10.7 Å². The minimum atomic E-state index is -0.579. The van der Waals surface area contributed by atoms with Gasteiger partial charge in [-0.1, -0.05) is 0 Å². The fourth-order valence-electron chi connectivity index (χ4n) is 1.09. The van der Waals surface area contributed by atoms with E-state index >= 15 is 0 Å². The fourth-order valence-corrected chi connectivity index (χ4v) is 2.44. The van der Waals surface area contributed by atoms with Crippen LogP contribution in [-0.2, 0) is 4.74 Å². The minimum absolute atomic E-state index is 0.0975. The van der Waals surface area contributed by atoms with Crippen LogP contribution < -0.4 is 9.47 Å².